The Labute approximate surface area is 95.0 Å². The molecule has 0 fully saturated rings. The second-order valence-electron chi connectivity index (χ2n) is 2.57. The summed E-state index contributed by atoms with van der Waals surface area (Å²) in [5.74, 6) is -0.249. The number of carbonyl (C=O) groups excluding carboxylic acids is 2. The first kappa shape index (κ1) is 11.9. The van der Waals surface area contributed by atoms with Crippen molar-refractivity contribution in [2.45, 2.75) is 13.3 Å². The van der Waals surface area contributed by atoms with Gasteiger partial charge in [-0.05, 0) is 6.92 Å². The SMILES string of the molecule is Cc1nnc(NC(=O)NC(=O)CCCl)s1. The van der Waals surface area contributed by atoms with Crippen LogP contribution >= 0.6 is 22.9 Å². The number of rotatable bonds is 3. The summed E-state index contributed by atoms with van der Waals surface area (Å²) in [5.41, 5.74) is 0. The number of anilines is 1. The molecule has 0 saturated carbocycles. The van der Waals surface area contributed by atoms with E-state index in [1.807, 2.05) is 0 Å². The summed E-state index contributed by atoms with van der Waals surface area (Å²) in [6.07, 6.45) is 0.101. The van der Waals surface area contributed by atoms with Crippen molar-refractivity contribution in [1.82, 2.24) is 15.5 Å². The predicted molar refractivity (Wildman–Crippen MR) is 57.1 cm³/mol. The summed E-state index contributed by atoms with van der Waals surface area (Å²) in [5, 5.41) is 12.9. The zero-order valence-corrected chi connectivity index (χ0v) is 9.48. The molecule has 8 heteroatoms. The number of urea groups is 1. The van der Waals surface area contributed by atoms with Crippen molar-refractivity contribution in [3.63, 3.8) is 0 Å². The Morgan fingerprint density at radius 1 is 1.47 bits per heavy atom. The fourth-order valence-corrected chi connectivity index (χ4v) is 1.51. The summed E-state index contributed by atoms with van der Waals surface area (Å²) in [6.45, 7) is 1.76. The molecule has 1 rings (SSSR count). The molecule has 0 bridgehead atoms. The average Bonchev–Trinajstić information content (AvgIpc) is 2.51. The van der Waals surface area contributed by atoms with Gasteiger partial charge in [0, 0.05) is 12.3 Å². The molecular formula is C7H9ClN4O2S. The van der Waals surface area contributed by atoms with Crippen LogP contribution in [0.1, 0.15) is 11.4 Å². The number of amides is 3. The van der Waals surface area contributed by atoms with E-state index in [1.165, 1.54) is 11.3 Å². The maximum absolute atomic E-state index is 11.2. The first-order valence-electron chi connectivity index (χ1n) is 4.08. The van der Waals surface area contributed by atoms with Gasteiger partial charge in [-0.15, -0.1) is 21.8 Å². The highest BCUT2D eigenvalue weighted by Crippen LogP contribution is 2.12. The molecule has 0 atom stereocenters. The van der Waals surface area contributed by atoms with Crippen molar-refractivity contribution in [3.8, 4) is 0 Å². The zero-order chi connectivity index (χ0) is 11.3. The lowest BCUT2D eigenvalue weighted by atomic mass is 10.4. The molecule has 0 aliphatic heterocycles. The van der Waals surface area contributed by atoms with E-state index in [-0.39, 0.29) is 12.3 Å². The highest BCUT2D eigenvalue weighted by molar-refractivity contribution is 7.15. The van der Waals surface area contributed by atoms with E-state index in [0.29, 0.717) is 5.13 Å². The molecule has 2 N–H and O–H groups in total. The number of aryl methyl sites for hydroxylation is 1. The highest BCUT2D eigenvalue weighted by atomic mass is 35.5. The van der Waals surface area contributed by atoms with Crippen LogP contribution in [-0.2, 0) is 4.79 Å². The molecule has 1 heterocycles. The molecule has 0 spiro atoms. The molecule has 0 unspecified atom stereocenters. The molecule has 3 amide bonds. The van der Waals surface area contributed by atoms with Gasteiger partial charge >= 0.3 is 6.03 Å². The summed E-state index contributed by atoms with van der Waals surface area (Å²) in [4.78, 5) is 22.1. The van der Waals surface area contributed by atoms with Crippen LogP contribution in [0.25, 0.3) is 0 Å². The van der Waals surface area contributed by atoms with E-state index in [4.69, 9.17) is 11.6 Å². The second kappa shape index (κ2) is 5.62. The fourth-order valence-electron chi connectivity index (χ4n) is 0.750. The van der Waals surface area contributed by atoms with Crippen molar-refractivity contribution in [3.05, 3.63) is 5.01 Å². The van der Waals surface area contributed by atoms with Crippen LogP contribution < -0.4 is 10.6 Å². The van der Waals surface area contributed by atoms with Gasteiger partial charge in [-0.3, -0.25) is 15.4 Å². The molecule has 82 valence electrons. The first-order valence-corrected chi connectivity index (χ1v) is 5.44. The quantitative estimate of drug-likeness (QED) is 0.786. The van der Waals surface area contributed by atoms with Crippen molar-refractivity contribution in [2.24, 2.45) is 0 Å². The minimum atomic E-state index is -0.624. The average molecular weight is 249 g/mol. The smallest absolute Gasteiger partial charge is 0.282 e. The Balaban J connectivity index is 2.39. The number of hydrogen-bond donors (Lipinski definition) is 2. The Bertz CT molecular complexity index is 368. The number of alkyl halides is 1. The van der Waals surface area contributed by atoms with Crippen molar-refractivity contribution < 1.29 is 9.59 Å². The lowest BCUT2D eigenvalue weighted by molar-refractivity contribution is -0.119. The van der Waals surface area contributed by atoms with Gasteiger partial charge in [0.1, 0.15) is 5.01 Å². The fraction of sp³-hybridized carbons (Fsp3) is 0.429. The van der Waals surface area contributed by atoms with E-state index < -0.39 is 11.9 Å². The van der Waals surface area contributed by atoms with Crippen molar-refractivity contribution in [1.29, 1.82) is 0 Å². The topological polar surface area (TPSA) is 84.0 Å². The van der Waals surface area contributed by atoms with Crippen LogP contribution in [0.15, 0.2) is 0 Å². The van der Waals surface area contributed by atoms with Gasteiger partial charge in [-0.25, -0.2) is 4.79 Å². The molecule has 6 nitrogen and oxygen atoms in total. The summed E-state index contributed by atoms with van der Waals surface area (Å²) in [7, 11) is 0. The number of hydrogen-bond acceptors (Lipinski definition) is 5. The second-order valence-corrected chi connectivity index (χ2v) is 4.13. The van der Waals surface area contributed by atoms with E-state index in [1.54, 1.807) is 6.92 Å². The molecule has 1 aromatic rings. The minimum Gasteiger partial charge on any atom is -0.282 e. The standard InChI is InChI=1S/C7H9ClN4O2S/c1-4-11-12-7(15-4)10-6(14)9-5(13)2-3-8/h2-3H2,1H3,(H2,9,10,12,13,14). The lowest BCUT2D eigenvalue weighted by Crippen LogP contribution is -2.34. The van der Waals surface area contributed by atoms with Gasteiger partial charge in [0.25, 0.3) is 0 Å². The predicted octanol–water partition coefficient (Wildman–Crippen LogP) is 1.12. The van der Waals surface area contributed by atoms with Crippen LogP contribution in [-0.4, -0.2) is 28.0 Å². The van der Waals surface area contributed by atoms with Crippen LogP contribution in [0.5, 0.6) is 0 Å². The monoisotopic (exact) mass is 248 g/mol. The third kappa shape index (κ3) is 4.22. The Hall–Kier alpha value is -1.21. The molecule has 1 aromatic heterocycles. The molecular weight excluding hydrogens is 240 g/mol. The molecule has 15 heavy (non-hydrogen) atoms. The third-order valence-corrected chi connectivity index (χ3v) is 2.26. The van der Waals surface area contributed by atoms with Gasteiger partial charge in [0.15, 0.2) is 0 Å². The largest absolute Gasteiger partial charge is 0.327 e. The molecule has 0 aliphatic rings. The van der Waals surface area contributed by atoms with Crippen LogP contribution in [0.2, 0.25) is 0 Å². The van der Waals surface area contributed by atoms with Gasteiger partial charge in [-0.2, -0.15) is 0 Å². The zero-order valence-electron chi connectivity index (χ0n) is 7.91. The number of nitrogens with one attached hydrogen (secondary N) is 2. The van der Waals surface area contributed by atoms with E-state index in [9.17, 15) is 9.59 Å². The number of aromatic nitrogens is 2. The van der Waals surface area contributed by atoms with Crippen molar-refractivity contribution in [2.75, 3.05) is 11.2 Å². The summed E-state index contributed by atoms with van der Waals surface area (Å²) >= 11 is 6.56. The summed E-state index contributed by atoms with van der Waals surface area (Å²) in [6, 6.07) is -0.624. The van der Waals surface area contributed by atoms with Crippen molar-refractivity contribution >= 4 is 40.0 Å². The van der Waals surface area contributed by atoms with Crippen LogP contribution in [0, 0.1) is 6.92 Å². The number of imide groups is 1. The van der Waals surface area contributed by atoms with E-state index in [0.717, 1.165) is 5.01 Å². The van der Waals surface area contributed by atoms with Gasteiger partial charge < -0.3 is 0 Å². The summed E-state index contributed by atoms with van der Waals surface area (Å²) < 4.78 is 0. The Morgan fingerprint density at radius 3 is 2.73 bits per heavy atom. The highest BCUT2D eigenvalue weighted by Gasteiger charge is 2.09. The Kier molecular flexibility index (Phi) is 4.44. The molecule has 0 aliphatic carbocycles. The maximum Gasteiger partial charge on any atom is 0.327 e. The Morgan fingerprint density at radius 2 is 2.20 bits per heavy atom. The molecule has 0 radical (unpaired) electrons. The van der Waals surface area contributed by atoms with Crippen LogP contribution in [0.3, 0.4) is 0 Å². The maximum atomic E-state index is 11.2. The normalized spacial score (nSPS) is 9.73. The van der Waals surface area contributed by atoms with Crippen LogP contribution in [0.4, 0.5) is 9.93 Å². The third-order valence-electron chi connectivity index (χ3n) is 1.32. The van der Waals surface area contributed by atoms with Gasteiger partial charge in [0.2, 0.25) is 11.0 Å². The van der Waals surface area contributed by atoms with E-state index in [2.05, 4.69) is 20.8 Å². The number of nitrogens with zero attached hydrogens (tertiary/aromatic N) is 2. The van der Waals surface area contributed by atoms with E-state index >= 15 is 0 Å². The first-order chi connectivity index (χ1) is 7.11. The lowest BCUT2D eigenvalue weighted by Gasteiger charge is -2.01. The minimum absolute atomic E-state index is 0.101. The van der Waals surface area contributed by atoms with Gasteiger partial charge in [0.05, 0.1) is 0 Å². The molecule has 0 saturated heterocycles. The number of halogens is 1. The number of carbonyl (C=O) groups is 2. The van der Waals surface area contributed by atoms with Gasteiger partial charge in [-0.1, -0.05) is 11.3 Å². The molecule has 0 aromatic carbocycles.